The molecule has 0 fully saturated rings. The summed E-state index contributed by atoms with van der Waals surface area (Å²) in [6.45, 7) is 5.46. The van der Waals surface area contributed by atoms with Crippen LogP contribution in [0.5, 0.6) is 0 Å². The zero-order valence-electron chi connectivity index (χ0n) is 18.0. The maximum Gasteiger partial charge on any atom is 0.190 e. The van der Waals surface area contributed by atoms with Crippen LogP contribution in [0.15, 0.2) is 65.7 Å². The van der Waals surface area contributed by atoms with E-state index in [-0.39, 0.29) is 11.5 Å². The van der Waals surface area contributed by atoms with E-state index in [0.29, 0.717) is 18.9 Å². The quantitative estimate of drug-likeness (QED) is 0.308. The molecular weight excluding hydrogens is 396 g/mol. The predicted molar refractivity (Wildman–Crippen MR) is 127 cm³/mol. The number of nitrogens with one attached hydrogen (secondary N) is 2. The van der Waals surface area contributed by atoms with Gasteiger partial charge in [-0.3, -0.25) is 4.99 Å². The minimum Gasteiger partial charge on any atom is -0.372 e. The topological polar surface area (TPSA) is 73.8 Å². The summed E-state index contributed by atoms with van der Waals surface area (Å²) in [5.41, 5.74) is 2.07. The lowest BCUT2D eigenvalue weighted by Gasteiger charge is -2.23. The Balaban J connectivity index is 1.64. The highest BCUT2D eigenvalue weighted by atomic mass is 32.2. The summed E-state index contributed by atoms with van der Waals surface area (Å²) in [6, 6.07) is 19.7. The Morgan fingerprint density at radius 3 is 2.13 bits per heavy atom. The molecular formula is C23H34N4O2S. The molecule has 0 atom stereocenters. The summed E-state index contributed by atoms with van der Waals surface area (Å²) in [7, 11) is -1.38. The molecule has 0 aliphatic carbocycles. The molecule has 0 aliphatic rings. The van der Waals surface area contributed by atoms with Crippen molar-refractivity contribution in [2.45, 2.75) is 25.5 Å². The van der Waals surface area contributed by atoms with E-state index in [1.807, 2.05) is 36.4 Å². The van der Waals surface area contributed by atoms with Crippen molar-refractivity contribution in [2.24, 2.45) is 4.99 Å². The third-order valence-corrected chi connectivity index (χ3v) is 6.46. The highest BCUT2D eigenvalue weighted by molar-refractivity contribution is 7.90. The Kier molecular flexibility index (Phi) is 10.2. The van der Waals surface area contributed by atoms with Gasteiger partial charge in [-0.05, 0) is 37.5 Å². The molecule has 0 unspecified atom stereocenters. The number of sulfone groups is 1. The smallest absolute Gasteiger partial charge is 0.190 e. The highest BCUT2D eigenvalue weighted by Gasteiger charge is 2.11. The van der Waals surface area contributed by atoms with Crippen LogP contribution in [0, 0.1) is 0 Å². The average Bonchev–Trinajstić information content (AvgIpc) is 2.76. The van der Waals surface area contributed by atoms with Gasteiger partial charge in [0.1, 0.15) is 0 Å². The van der Waals surface area contributed by atoms with Crippen LogP contribution in [0.1, 0.15) is 25.3 Å². The molecule has 2 aromatic carbocycles. The Morgan fingerprint density at radius 1 is 0.933 bits per heavy atom. The van der Waals surface area contributed by atoms with E-state index in [2.05, 4.69) is 51.7 Å². The van der Waals surface area contributed by atoms with Crippen LogP contribution >= 0.6 is 0 Å². The van der Waals surface area contributed by atoms with Gasteiger partial charge >= 0.3 is 0 Å². The second-order valence-electron chi connectivity index (χ2n) is 7.13. The van der Waals surface area contributed by atoms with Crippen molar-refractivity contribution >= 4 is 21.5 Å². The molecule has 0 aliphatic heterocycles. The maximum absolute atomic E-state index is 12.3. The number of rotatable bonds is 12. The third kappa shape index (κ3) is 8.86. The molecule has 7 heteroatoms. The minimum absolute atomic E-state index is 0.0934. The van der Waals surface area contributed by atoms with Gasteiger partial charge in [0, 0.05) is 38.9 Å². The van der Waals surface area contributed by atoms with Gasteiger partial charge in [-0.15, -0.1) is 0 Å². The van der Waals surface area contributed by atoms with Gasteiger partial charge in [0.2, 0.25) is 0 Å². The summed E-state index contributed by atoms with van der Waals surface area (Å²) in [4.78, 5) is 6.56. The molecule has 30 heavy (non-hydrogen) atoms. The molecule has 6 nitrogen and oxygen atoms in total. The van der Waals surface area contributed by atoms with Crippen LogP contribution in [-0.4, -0.2) is 53.4 Å². The van der Waals surface area contributed by atoms with Crippen LogP contribution < -0.4 is 15.5 Å². The largest absolute Gasteiger partial charge is 0.372 e. The predicted octanol–water partition coefficient (Wildman–Crippen LogP) is 3.07. The molecule has 0 radical (unpaired) electrons. The summed E-state index contributed by atoms with van der Waals surface area (Å²) >= 11 is 0. The van der Waals surface area contributed by atoms with Crippen LogP contribution in [0.4, 0.5) is 5.69 Å². The Bertz CT molecular complexity index is 855. The van der Waals surface area contributed by atoms with Crippen molar-refractivity contribution in [1.29, 1.82) is 0 Å². The molecule has 0 aromatic heterocycles. The summed E-state index contributed by atoms with van der Waals surface area (Å²) in [6.07, 6.45) is 1.53. The molecule has 2 N–H and O–H groups in total. The summed E-state index contributed by atoms with van der Waals surface area (Å²) in [5.74, 6) is 0.961. The molecule has 0 spiro atoms. The van der Waals surface area contributed by atoms with Gasteiger partial charge in [0.25, 0.3) is 0 Å². The summed E-state index contributed by atoms with van der Waals surface area (Å²) in [5, 5.41) is 6.50. The lowest BCUT2D eigenvalue weighted by molar-refractivity contribution is 0.591. The van der Waals surface area contributed by atoms with Crippen molar-refractivity contribution in [3.63, 3.8) is 0 Å². The highest BCUT2D eigenvalue weighted by Crippen LogP contribution is 2.12. The van der Waals surface area contributed by atoms with Gasteiger partial charge < -0.3 is 15.5 Å². The Labute approximate surface area is 181 Å². The SMILES string of the molecule is CCN(CCCNC(=NC)NCCCS(=O)(=O)Cc1ccccc1)c1ccccc1. The van der Waals surface area contributed by atoms with Crippen molar-refractivity contribution in [2.75, 3.05) is 43.9 Å². The fourth-order valence-corrected chi connectivity index (χ4v) is 4.63. The summed E-state index contributed by atoms with van der Waals surface area (Å²) < 4.78 is 24.5. The number of hydrogen-bond acceptors (Lipinski definition) is 4. The normalized spacial score (nSPS) is 11.9. The zero-order valence-corrected chi connectivity index (χ0v) is 18.9. The minimum atomic E-state index is -3.10. The number of anilines is 1. The van der Waals surface area contributed by atoms with Gasteiger partial charge in [-0.1, -0.05) is 48.5 Å². The van der Waals surface area contributed by atoms with E-state index in [4.69, 9.17) is 0 Å². The van der Waals surface area contributed by atoms with E-state index >= 15 is 0 Å². The fourth-order valence-electron chi connectivity index (χ4n) is 3.21. The first-order valence-corrected chi connectivity index (χ1v) is 12.3. The second kappa shape index (κ2) is 12.9. The Morgan fingerprint density at radius 2 is 1.53 bits per heavy atom. The number of hydrogen-bond donors (Lipinski definition) is 2. The van der Waals surface area contributed by atoms with E-state index < -0.39 is 9.84 Å². The first-order chi connectivity index (χ1) is 14.5. The molecule has 0 saturated heterocycles. The first-order valence-electron chi connectivity index (χ1n) is 10.5. The first kappa shape index (κ1) is 23.7. The molecule has 0 bridgehead atoms. The third-order valence-electron chi connectivity index (χ3n) is 4.78. The molecule has 2 rings (SSSR count). The van der Waals surface area contributed by atoms with Crippen molar-refractivity contribution in [1.82, 2.24) is 10.6 Å². The van der Waals surface area contributed by atoms with Crippen molar-refractivity contribution < 1.29 is 8.42 Å². The van der Waals surface area contributed by atoms with Gasteiger partial charge in [0.15, 0.2) is 15.8 Å². The Hall–Kier alpha value is -2.54. The molecule has 0 heterocycles. The maximum atomic E-state index is 12.3. The molecule has 164 valence electrons. The zero-order chi connectivity index (χ0) is 21.7. The van der Waals surface area contributed by atoms with Gasteiger partial charge in [-0.2, -0.15) is 0 Å². The molecule has 0 amide bonds. The van der Waals surface area contributed by atoms with E-state index in [9.17, 15) is 8.42 Å². The van der Waals surface area contributed by atoms with Crippen molar-refractivity contribution in [3.8, 4) is 0 Å². The molecule has 0 saturated carbocycles. The number of guanidine groups is 1. The van der Waals surface area contributed by atoms with Crippen LogP contribution in [-0.2, 0) is 15.6 Å². The number of para-hydroxylation sites is 1. The number of aliphatic imine (C=N–C) groups is 1. The fraction of sp³-hybridized carbons (Fsp3) is 0.435. The molecule has 2 aromatic rings. The van der Waals surface area contributed by atoms with Crippen LogP contribution in [0.25, 0.3) is 0 Å². The lowest BCUT2D eigenvalue weighted by Crippen LogP contribution is -2.39. The number of benzene rings is 2. The van der Waals surface area contributed by atoms with Crippen LogP contribution in [0.2, 0.25) is 0 Å². The number of nitrogens with zero attached hydrogens (tertiary/aromatic N) is 2. The monoisotopic (exact) mass is 430 g/mol. The second-order valence-corrected chi connectivity index (χ2v) is 9.31. The van der Waals surface area contributed by atoms with E-state index in [0.717, 1.165) is 31.6 Å². The van der Waals surface area contributed by atoms with Gasteiger partial charge in [-0.25, -0.2) is 8.42 Å². The standard InChI is InChI=1S/C23H34N4O2S/c1-3-27(22-14-8-5-9-15-22)18-10-16-25-23(24-2)26-17-11-19-30(28,29)20-21-12-6-4-7-13-21/h4-9,12-15H,3,10-11,16-20H2,1-2H3,(H2,24,25,26). The average molecular weight is 431 g/mol. The van der Waals surface area contributed by atoms with E-state index in [1.165, 1.54) is 5.69 Å². The lowest BCUT2D eigenvalue weighted by atomic mass is 10.2. The van der Waals surface area contributed by atoms with Crippen molar-refractivity contribution in [3.05, 3.63) is 66.2 Å². The van der Waals surface area contributed by atoms with Gasteiger partial charge in [0.05, 0.1) is 11.5 Å². The van der Waals surface area contributed by atoms with Crippen LogP contribution in [0.3, 0.4) is 0 Å². The van der Waals surface area contributed by atoms with E-state index in [1.54, 1.807) is 7.05 Å².